The fourth-order valence-electron chi connectivity index (χ4n) is 1.32. The summed E-state index contributed by atoms with van der Waals surface area (Å²) >= 11 is 0. The van der Waals surface area contributed by atoms with Gasteiger partial charge >= 0.3 is 0 Å². The van der Waals surface area contributed by atoms with Gasteiger partial charge in [0.05, 0.1) is 0 Å². The molecule has 0 aliphatic carbocycles. The van der Waals surface area contributed by atoms with E-state index in [0.29, 0.717) is 0 Å². The first kappa shape index (κ1) is 8.30. The van der Waals surface area contributed by atoms with Gasteiger partial charge in [-0.1, -0.05) is 26.8 Å². The van der Waals surface area contributed by atoms with Crippen molar-refractivity contribution in [1.29, 1.82) is 0 Å². The minimum Gasteiger partial charge on any atom is -0.443 e. The van der Waals surface area contributed by atoms with Gasteiger partial charge in [-0.05, 0) is 23.1 Å². The van der Waals surface area contributed by atoms with Gasteiger partial charge in [-0.25, -0.2) is 4.98 Å². The minimum absolute atomic E-state index is 0.174. The maximum Gasteiger partial charge on any atom is 0.181 e. The first-order valence-corrected chi connectivity index (χ1v) is 4.41. The molecule has 0 saturated carbocycles. The second kappa shape index (κ2) is 2.59. The highest BCUT2D eigenvalue weighted by molar-refractivity contribution is 5.73. The van der Waals surface area contributed by atoms with Crippen LogP contribution >= 0.6 is 0 Å². The normalized spacial score (nSPS) is 12.2. The highest BCUT2D eigenvalue weighted by Gasteiger charge is 2.14. The quantitative estimate of drug-likeness (QED) is 0.614. The van der Waals surface area contributed by atoms with Gasteiger partial charge < -0.3 is 4.42 Å². The molecule has 0 unspecified atom stereocenters. The summed E-state index contributed by atoms with van der Waals surface area (Å²) in [4.78, 5) is 4.13. The van der Waals surface area contributed by atoms with Gasteiger partial charge in [0.25, 0.3) is 0 Å². The number of benzene rings is 1. The molecule has 2 aromatic rings. The Morgan fingerprint density at radius 1 is 1.23 bits per heavy atom. The van der Waals surface area contributed by atoms with Crippen molar-refractivity contribution >= 4 is 11.1 Å². The number of rotatable bonds is 0. The van der Waals surface area contributed by atoms with Crippen molar-refractivity contribution in [3.63, 3.8) is 0 Å². The average molecular weight is 175 g/mol. The standard InChI is InChI=1S/C11H13NO/c1-11(2,3)8-4-5-10-9(6-8)12-7-13-10/h4-7H,1-3H3. The predicted molar refractivity (Wildman–Crippen MR) is 52.7 cm³/mol. The zero-order chi connectivity index (χ0) is 9.47. The largest absolute Gasteiger partial charge is 0.443 e. The Hall–Kier alpha value is -1.31. The second-order valence-corrected chi connectivity index (χ2v) is 4.28. The molecule has 2 rings (SSSR count). The van der Waals surface area contributed by atoms with Crippen LogP contribution < -0.4 is 0 Å². The van der Waals surface area contributed by atoms with Crippen LogP contribution in [0.1, 0.15) is 26.3 Å². The molecule has 0 saturated heterocycles. The third kappa shape index (κ3) is 1.44. The summed E-state index contributed by atoms with van der Waals surface area (Å²) < 4.78 is 5.17. The van der Waals surface area contributed by atoms with E-state index in [2.05, 4.69) is 37.9 Å². The first-order valence-electron chi connectivity index (χ1n) is 4.41. The molecule has 0 spiro atoms. The Balaban J connectivity index is 2.61. The van der Waals surface area contributed by atoms with Crippen molar-refractivity contribution in [2.75, 3.05) is 0 Å². The maximum atomic E-state index is 5.17. The number of oxazole rings is 1. The lowest BCUT2D eigenvalue weighted by molar-refractivity contribution is 0.588. The topological polar surface area (TPSA) is 26.0 Å². The zero-order valence-electron chi connectivity index (χ0n) is 8.16. The molecule has 2 nitrogen and oxygen atoms in total. The van der Waals surface area contributed by atoms with E-state index in [1.807, 2.05) is 6.07 Å². The maximum absolute atomic E-state index is 5.17. The smallest absolute Gasteiger partial charge is 0.181 e. The lowest BCUT2D eigenvalue weighted by atomic mass is 9.87. The molecule has 0 amide bonds. The lowest BCUT2D eigenvalue weighted by Crippen LogP contribution is -2.10. The SMILES string of the molecule is CC(C)(C)c1ccc2ocnc2c1. The molecule has 68 valence electrons. The highest BCUT2D eigenvalue weighted by atomic mass is 16.3. The summed E-state index contributed by atoms with van der Waals surface area (Å²) in [6.07, 6.45) is 1.48. The Morgan fingerprint density at radius 3 is 2.69 bits per heavy atom. The molecular weight excluding hydrogens is 162 g/mol. The molecule has 13 heavy (non-hydrogen) atoms. The van der Waals surface area contributed by atoms with Crippen LogP contribution in [0, 0.1) is 0 Å². The van der Waals surface area contributed by atoms with Crippen LogP contribution in [-0.2, 0) is 5.41 Å². The van der Waals surface area contributed by atoms with Crippen molar-refractivity contribution in [2.24, 2.45) is 0 Å². The van der Waals surface area contributed by atoms with E-state index in [-0.39, 0.29) is 5.41 Å². The Labute approximate surface area is 77.6 Å². The van der Waals surface area contributed by atoms with Gasteiger partial charge in [-0.15, -0.1) is 0 Å². The predicted octanol–water partition coefficient (Wildman–Crippen LogP) is 3.13. The number of aromatic nitrogens is 1. The summed E-state index contributed by atoms with van der Waals surface area (Å²) in [5.74, 6) is 0. The van der Waals surface area contributed by atoms with Crippen LogP contribution in [0.5, 0.6) is 0 Å². The summed E-state index contributed by atoms with van der Waals surface area (Å²) in [5.41, 5.74) is 3.25. The third-order valence-corrected chi connectivity index (χ3v) is 2.20. The molecule has 0 fully saturated rings. The van der Waals surface area contributed by atoms with E-state index < -0.39 is 0 Å². The van der Waals surface area contributed by atoms with E-state index in [1.165, 1.54) is 12.0 Å². The lowest BCUT2D eigenvalue weighted by Gasteiger charge is -2.18. The molecule has 0 aliphatic rings. The fraction of sp³-hybridized carbons (Fsp3) is 0.364. The highest BCUT2D eigenvalue weighted by Crippen LogP contribution is 2.25. The molecule has 0 radical (unpaired) electrons. The zero-order valence-corrected chi connectivity index (χ0v) is 8.16. The molecule has 2 heteroatoms. The monoisotopic (exact) mass is 175 g/mol. The fourth-order valence-corrected chi connectivity index (χ4v) is 1.32. The molecule has 1 aromatic carbocycles. The van der Waals surface area contributed by atoms with E-state index >= 15 is 0 Å². The average Bonchev–Trinajstić information content (AvgIpc) is 2.47. The third-order valence-electron chi connectivity index (χ3n) is 2.20. The number of fused-ring (bicyclic) bond motifs is 1. The molecule has 1 heterocycles. The Bertz CT molecular complexity index is 423. The van der Waals surface area contributed by atoms with Gasteiger partial charge in [0.15, 0.2) is 12.0 Å². The van der Waals surface area contributed by atoms with Crippen LogP contribution in [-0.4, -0.2) is 4.98 Å². The first-order chi connectivity index (χ1) is 6.07. The van der Waals surface area contributed by atoms with Crippen LogP contribution in [0.2, 0.25) is 0 Å². The molecule has 0 aliphatic heterocycles. The number of nitrogens with zero attached hydrogens (tertiary/aromatic N) is 1. The van der Waals surface area contributed by atoms with Gasteiger partial charge in [0.1, 0.15) is 5.52 Å². The summed E-state index contributed by atoms with van der Waals surface area (Å²) in [6.45, 7) is 6.57. The Kier molecular flexibility index (Phi) is 1.65. The molecule has 0 bridgehead atoms. The Morgan fingerprint density at radius 2 is 2.00 bits per heavy atom. The van der Waals surface area contributed by atoms with Crippen molar-refractivity contribution in [2.45, 2.75) is 26.2 Å². The van der Waals surface area contributed by atoms with Gasteiger partial charge in [0, 0.05) is 0 Å². The van der Waals surface area contributed by atoms with Crippen LogP contribution in [0.4, 0.5) is 0 Å². The van der Waals surface area contributed by atoms with Crippen LogP contribution in [0.25, 0.3) is 11.1 Å². The minimum atomic E-state index is 0.174. The molecule has 0 atom stereocenters. The van der Waals surface area contributed by atoms with Gasteiger partial charge in [-0.2, -0.15) is 0 Å². The molecular formula is C11H13NO. The van der Waals surface area contributed by atoms with Crippen molar-refractivity contribution < 1.29 is 4.42 Å². The van der Waals surface area contributed by atoms with Crippen LogP contribution in [0.15, 0.2) is 29.0 Å². The van der Waals surface area contributed by atoms with Crippen molar-refractivity contribution in [3.05, 3.63) is 30.2 Å². The van der Waals surface area contributed by atoms with E-state index in [4.69, 9.17) is 4.42 Å². The number of hydrogen-bond donors (Lipinski definition) is 0. The van der Waals surface area contributed by atoms with E-state index in [0.717, 1.165) is 11.1 Å². The second-order valence-electron chi connectivity index (χ2n) is 4.28. The summed E-state index contributed by atoms with van der Waals surface area (Å²) in [5, 5.41) is 0. The van der Waals surface area contributed by atoms with Crippen molar-refractivity contribution in [1.82, 2.24) is 4.98 Å². The summed E-state index contributed by atoms with van der Waals surface area (Å²) in [6, 6.07) is 6.15. The van der Waals surface area contributed by atoms with Crippen LogP contribution in [0.3, 0.4) is 0 Å². The summed E-state index contributed by atoms with van der Waals surface area (Å²) in [7, 11) is 0. The van der Waals surface area contributed by atoms with Gasteiger partial charge in [-0.3, -0.25) is 0 Å². The van der Waals surface area contributed by atoms with Crippen molar-refractivity contribution in [3.8, 4) is 0 Å². The molecule has 0 N–H and O–H groups in total. The van der Waals surface area contributed by atoms with E-state index in [1.54, 1.807) is 0 Å². The van der Waals surface area contributed by atoms with E-state index in [9.17, 15) is 0 Å². The molecule has 1 aromatic heterocycles. The number of hydrogen-bond acceptors (Lipinski definition) is 2. The van der Waals surface area contributed by atoms with Gasteiger partial charge in [0.2, 0.25) is 0 Å².